The monoisotopic (exact) mass is 436 g/mol. The van der Waals surface area contributed by atoms with Gasteiger partial charge in [-0.15, -0.1) is 0 Å². The van der Waals surface area contributed by atoms with Crippen LogP contribution >= 0.6 is 0 Å². The van der Waals surface area contributed by atoms with Crippen LogP contribution in [-0.4, -0.2) is 56.7 Å². The molecular weight excluding hydrogens is 418 g/mol. The van der Waals surface area contributed by atoms with Gasteiger partial charge >= 0.3 is 12.4 Å². The van der Waals surface area contributed by atoms with Crippen molar-refractivity contribution in [3.63, 3.8) is 0 Å². The molecule has 4 atom stereocenters. The zero-order valence-corrected chi connectivity index (χ0v) is 15.0. The van der Waals surface area contributed by atoms with Gasteiger partial charge in [0.1, 0.15) is 30.2 Å². The molecule has 3 N–H and O–H groups in total. The van der Waals surface area contributed by atoms with Gasteiger partial charge in [0.25, 0.3) is 0 Å². The number of alkyl halides is 7. The zero-order valence-electron chi connectivity index (χ0n) is 16.0. The van der Waals surface area contributed by atoms with Crippen LogP contribution in [0.25, 0.3) is 5.57 Å². The van der Waals surface area contributed by atoms with E-state index in [1.54, 1.807) is 0 Å². The Morgan fingerprint density at radius 2 is 1.45 bits per heavy atom. The number of halogens is 8. The number of hydrogen-bond donors (Lipinski definition) is 3. The van der Waals surface area contributed by atoms with E-state index in [4.69, 9.17) is 1.37 Å². The summed E-state index contributed by atoms with van der Waals surface area (Å²) >= 11 is 0. The van der Waals surface area contributed by atoms with Gasteiger partial charge in [0.05, 0.1) is 1.37 Å². The lowest BCUT2D eigenvalue weighted by Crippen LogP contribution is -2.35. The number of aromatic nitrogens is 3. The standard InChI is InChI=1S/C15H17F8N5O/c1-5(14(18,19)20)24-12-26-11(7-3-4-8(16)10(29)9(7)17)27-13(28-12)25-6(2)15(21,22)23/h5-6,8,10,29H,3-4H2,1-2H3,(H2,24,25,26,27,28)/t5-,6-,8-,10-/m1/s1/i10D. The maximum absolute atomic E-state index is 14.4. The average molecular weight is 436 g/mol. The lowest BCUT2D eigenvalue weighted by atomic mass is 9.94. The van der Waals surface area contributed by atoms with Crippen molar-refractivity contribution < 1.29 is 41.6 Å². The van der Waals surface area contributed by atoms with Gasteiger partial charge in [0, 0.05) is 5.57 Å². The summed E-state index contributed by atoms with van der Waals surface area (Å²) in [6, 6.07) is -4.46. The predicted molar refractivity (Wildman–Crippen MR) is 86.3 cm³/mol. The van der Waals surface area contributed by atoms with Crippen molar-refractivity contribution in [2.24, 2.45) is 0 Å². The van der Waals surface area contributed by atoms with Gasteiger partial charge in [-0.1, -0.05) is 0 Å². The Morgan fingerprint density at radius 3 is 1.86 bits per heavy atom. The van der Waals surface area contributed by atoms with Crippen LogP contribution in [-0.2, 0) is 0 Å². The first-order valence-corrected chi connectivity index (χ1v) is 8.22. The van der Waals surface area contributed by atoms with E-state index >= 15 is 0 Å². The van der Waals surface area contributed by atoms with E-state index in [1.807, 2.05) is 10.6 Å². The van der Waals surface area contributed by atoms with Crippen LogP contribution in [0.15, 0.2) is 5.83 Å². The van der Waals surface area contributed by atoms with Gasteiger partial charge in [0.15, 0.2) is 5.82 Å². The quantitative estimate of drug-likeness (QED) is 0.610. The molecule has 0 unspecified atom stereocenters. The van der Waals surface area contributed by atoms with E-state index in [0.717, 1.165) is 0 Å². The Balaban J connectivity index is 2.52. The Bertz CT molecular complexity index is 773. The van der Waals surface area contributed by atoms with E-state index in [2.05, 4.69) is 15.0 Å². The lowest BCUT2D eigenvalue weighted by Gasteiger charge is -2.24. The molecule has 0 radical (unpaired) electrons. The third kappa shape index (κ3) is 5.64. The first kappa shape index (κ1) is 21.5. The second kappa shape index (κ2) is 8.24. The lowest BCUT2D eigenvalue weighted by molar-refractivity contribution is -0.139. The van der Waals surface area contributed by atoms with Gasteiger partial charge in [-0.25, -0.2) is 8.78 Å². The summed E-state index contributed by atoms with van der Waals surface area (Å²) in [5, 5.41) is 13.3. The van der Waals surface area contributed by atoms with Crippen molar-refractivity contribution in [3.8, 4) is 0 Å². The van der Waals surface area contributed by atoms with Crippen LogP contribution < -0.4 is 10.6 Å². The fourth-order valence-electron chi connectivity index (χ4n) is 2.21. The molecule has 1 aromatic heterocycles. The molecule has 29 heavy (non-hydrogen) atoms. The first-order chi connectivity index (χ1) is 13.5. The zero-order chi connectivity index (χ0) is 23.1. The fourth-order valence-corrected chi connectivity index (χ4v) is 2.21. The summed E-state index contributed by atoms with van der Waals surface area (Å²) < 4.78 is 112. The first-order valence-electron chi connectivity index (χ1n) is 8.72. The number of rotatable bonds is 5. The van der Waals surface area contributed by atoms with Gasteiger partial charge < -0.3 is 15.7 Å². The molecule has 0 fully saturated rings. The van der Waals surface area contributed by atoms with E-state index < -0.39 is 78.7 Å². The van der Waals surface area contributed by atoms with Crippen molar-refractivity contribution in [1.82, 2.24) is 15.0 Å². The summed E-state index contributed by atoms with van der Waals surface area (Å²) in [4.78, 5) is 10.5. The molecule has 0 aliphatic heterocycles. The van der Waals surface area contributed by atoms with Crippen molar-refractivity contribution in [2.45, 2.75) is 63.4 Å². The van der Waals surface area contributed by atoms with E-state index in [1.165, 1.54) is 0 Å². The summed E-state index contributed by atoms with van der Waals surface area (Å²) in [6.45, 7) is 1.37. The molecule has 14 heteroatoms. The van der Waals surface area contributed by atoms with Crippen LogP contribution in [0.5, 0.6) is 0 Å². The van der Waals surface area contributed by atoms with Crippen LogP contribution in [0.1, 0.15) is 33.9 Å². The number of nitrogens with one attached hydrogen (secondary N) is 2. The maximum atomic E-state index is 14.4. The minimum Gasteiger partial charge on any atom is -0.383 e. The molecule has 0 bridgehead atoms. The number of anilines is 2. The van der Waals surface area contributed by atoms with Crippen LogP contribution in [0, 0.1) is 0 Å². The average Bonchev–Trinajstić information content (AvgIpc) is 2.58. The maximum Gasteiger partial charge on any atom is 0.408 e. The summed E-state index contributed by atoms with van der Waals surface area (Å²) in [5.74, 6) is -4.11. The van der Waals surface area contributed by atoms with Crippen LogP contribution in [0.3, 0.4) is 0 Å². The molecule has 2 rings (SSSR count). The van der Waals surface area contributed by atoms with Crippen LogP contribution in [0.4, 0.5) is 47.0 Å². The molecule has 0 amide bonds. The number of aliphatic hydroxyl groups is 1. The Labute approximate surface area is 160 Å². The molecular formula is C15H17F8N5O. The predicted octanol–water partition coefficient (Wildman–Crippen LogP) is 3.77. The van der Waals surface area contributed by atoms with E-state index in [-0.39, 0.29) is 0 Å². The molecule has 6 nitrogen and oxygen atoms in total. The van der Waals surface area contributed by atoms with Crippen molar-refractivity contribution in [2.75, 3.05) is 10.6 Å². The second-order valence-electron chi connectivity index (χ2n) is 6.31. The fraction of sp³-hybridized carbons (Fsp3) is 0.667. The van der Waals surface area contributed by atoms with E-state index in [9.17, 15) is 40.2 Å². The van der Waals surface area contributed by atoms with Gasteiger partial charge in [-0.3, -0.25) is 0 Å². The third-order valence-corrected chi connectivity index (χ3v) is 4.01. The Hall–Kier alpha value is -2.25. The van der Waals surface area contributed by atoms with E-state index in [0.29, 0.717) is 13.8 Å². The Kier molecular flexibility index (Phi) is 6.10. The molecule has 0 saturated heterocycles. The van der Waals surface area contributed by atoms with Crippen molar-refractivity contribution in [1.29, 1.82) is 0 Å². The second-order valence-corrected chi connectivity index (χ2v) is 6.31. The molecule has 0 spiro atoms. The normalized spacial score (nSPS) is 26.0. The number of hydrogen-bond acceptors (Lipinski definition) is 6. The van der Waals surface area contributed by atoms with Crippen molar-refractivity contribution in [3.05, 3.63) is 11.7 Å². The third-order valence-electron chi connectivity index (χ3n) is 4.01. The summed E-state index contributed by atoms with van der Waals surface area (Å²) in [7, 11) is 0. The highest BCUT2D eigenvalue weighted by atomic mass is 19.4. The molecule has 1 aromatic rings. The molecule has 0 aromatic carbocycles. The van der Waals surface area contributed by atoms with Gasteiger partial charge in [-0.2, -0.15) is 41.3 Å². The minimum atomic E-state index is -4.77. The summed E-state index contributed by atoms with van der Waals surface area (Å²) in [5.41, 5.74) is -0.630. The molecule has 0 saturated carbocycles. The summed E-state index contributed by atoms with van der Waals surface area (Å²) in [6.07, 6.45) is -16.1. The SMILES string of the molecule is [2H][C@]1(O)C(F)=C(c2nc(N[C@H](C)C(F)(F)F)nc(N[C@H](C)C(F)(F)F)n2)CC[C@H]1F. The van der Waals surface area contributed by atoms with Crippen molar-refractivity contribution >= 4 is 17.5 Å². The largest absolute Gasteiger partial charge is 0.408 e. The molecule has 1 aliphatic carbocycles. The van der Waals surface area contributed by atoms with Gasteiger partial charge in [0.2, 0.25) is 11.9 Å². The number of nitrogens with zero attached hydrogens (tertiary/aromatic N) is 3. The van der Waals surface area contributed by atoms with Crippen LogP contribution in [0.2, 0.25) is 0 Å². The Morgan fingerprint density at radius 1 is 1.00 bits per heavy atom. The number of allylic oxidation sites excluding steroid dienone is 1. The highest BCUT2D eigenvalue weighted by molar-refractivity contribution is 5.65. The molecule has 1 heterocycles. The highest BCUT2D eigenvalue weighted by Crippen LogP contribution is 2.34. The molecule has 164 valence electrons. The van der Waals surface area contributed by atoms with Gasteiger partial charge in [-0.05, 0) is 26.7 Å². The highest BCUT2D eigenvalue weighted by Gasteiger charge is 2.39. The minimum absolute atomic E-state index is 0.458. The molecule has 1 aliphatic rings. The smallest absolute Gasteiger partial charge is 0.383 e. The topological polar surface area (TPSA) is 83.0 Å².